The van der Waals surface area contributed by atoms with Gasteiger partial charge in [0.1, 0.15) is 30.5 Å². The fraction of sp³-hybridized carbons (Fsp3) is 0.974. The van der Waals surface area contributed by atoms with E-state index in [1.54, 1.807) is 0 Å². The lowest BCUT2D eigenvalue weighted by Crippen LogP contribution is -2.39. The number of hydrogen-bond donors (Lipinski definition) is 4. The topological polar surface area (TPSA) is 135 Å². The summed E-state index contributed by atoms with van der Waals surface area (Å²) in [6, 6.07) is 0. The molecule has 1 aliphatic carbocycles. The van der Waals surface area contributed by atoms with Gasteiger partial charge in [0.15, 0.2) is 6.10 Å². The molecule has 1 rings (SSSR count). The van der Waals surface area contributed by atoms with Crippen LogP contribution >= 0.6 is 0 Å². The molecule has 1 unspecified atom stereocenters. The monoisotopic (exact) mass is 689 g/mol. The van der Waals surface area contributed by atoms with Crippen LogP contribution in [-0.4, -0.2) is 89.6 Å². The highest BCUT2D eigenvalue weighted by Gasteiger charge is 2.49. The summed E-state index contributed by atoms with van der Waals surface area (Å²) < 4.78 is 22.2. The lowest BCUT2D eigenvalue weighted by atomic mass is 9.96. The zero-order valence-corrected chi connectivity index (χ0v) is 31.2. The molecule has 9 nitrogen and oxygen atoms in total. The molecule has 1 saturated carbocycles. The zero-order chi connectivity index (χ0) is 35.2. The van der Waals surface area contributed by atoms with Crippen LogP contribution in [0.1, 0.15) is 175 Å². The van der Waals surface area contributed by atoms with Crippen molar-refractivity contribution in [2.45, 2.75) is 211 Å². The van der Waals surface area contributed by atoms with Gasteiger partial charge in [0.25, 0.3) is 0 Å². The van der Waals surface area contributed by atoms with Crippen LogP contribution in [0.2, 0.25) is 0 Å². The molecule has 286 valence electrons. The summed E-state index contributed by atoms with van der Waals surface area (Å²) in [5.41, 5.74) is 0. The van der Waals surface area contributed by atoms with Crippen LogP contribution < -0.4 is 0 Å². The maximum Gasteiger partial charge on any atom is 0.508 e. The summed E-state index contributed by atoms with van der Waals surface area (Å²) in [6.07, 6.45) is 21.0. The van der Waals surface area contributed by atoms with E-state index in [1.165, 1.54) is 122 Å². The fourth-order valence-electron chi connectivity index (χ4n) is 6.48. The summed E-state index contributed by atoms with van der Waals surface area (Å²) in [7, 11) is 0. The number of unbranched alkanes of at least 4 members (excludes halogenated alkanes) is 19. The van der Waals surface area contributed by atoms with Gasteiger partial charge in [0.2, 0.25) is 0 Å². The van der Waals surface area contributed by atoms with E-state index < -0.39 is 42.8 Å². The van der Waals surface area contributed by atoms with Crippen molar-refractivity contribution in [1.82, 2.24) is 0 Å². The van der Waals surface area contributed by atoms with Gasteiger partial charge in [-0.25, -0.2) is 4.79 Å². The highest BCUT2D eigenvalue weighted by molar-refractivity contribution is 5.60. The van der Waals surface area contributed by atoms with E-state index in [0.717, 1.165) is 38.0 Å². The molecule has 48 heavy (non-hydrogen) atoms. The van der Waals surface area contributed by atoms with Gasteiger partial charge in [0.05, 0.1) is 19.8 Å². The molecule has 0 bridgehead atoms. The Morgan fingerprint density at radius 3 is 1.46 bits per heavy atom. The average Bonchev–Trinajstić information content (AvgIpc) is 3.26. The molecule has 9 heteroatoms. The van der Waals surface area contributed by atoms with Crippen molar-refractivity contribution in [2.75, 3.05) is 26.4 Å². The quantitative estimate of drug-likeness (QED) is 0.0396. The van der Waals surface area contributed by atoms with Crippen LogP contribution in [0.5, 0.6) is 0 Å². The zero-order valence-electron chi connectivity index (χ0n) is 31.2. The summed E-state index contributed by atoms with van der Waals surface area (Å²) in [5, 5.41) is 40.0. The largest absolute Gasteiger partial charge is 0.508 e. The van der Waals surface area contributed by atoms with E-state index in [9.17, 15) is 25.2 Å². The Labute approximate surface area is 293 Å². The molecule has 1 fully saturated rings. The molecule has 0 amide bonds. The maximum atomic E-state index is 12.4. The molecule has 0 saturated heterocycles. The van der Waals surface area contributed by atoms with Crippen molar-refractivity contribution in [2.24, 2.45) is 5.92 Å². The Balaban J connectivity index is 2.24. The SMILES string of the molecule is CCCCCCCCCCCCCOC(=O)O[C@@H](COCCCCCCCCCC(C)CCCCCC)COC1[C@@H](O)[C@H](O)[C@@H](O)[C@@H]1O. The summed E-state index contributed by atoms with van der Waals surface area (Å²) >= 11 is 0. The Hall–Kier alpha value is -0.970. The first-order chi connectivity index (χ1) is 23.3. The standard InChI is InChI=1S/C39H76O9/c1-4-6-8-10-11-12-13-14-18-21-25-29-46-39(44)48-33(31-47-38-36(42)34(40)35(41)37(38)43)30-45-28-24-20-17-15-16-19-23-27-32(3)26-22-9-7-5-2/h32-38,40-43H,4-31H2,1-3H3/t32?,33-,34+,35+,36-,37-/m0/s1. The summed E-state index contributed by atoms with van der Waals surface area (Å²) in [6.45, 7) is 7.60. The van der Waals surface area contributed by atoms with Gasteiger partial charge in [-0.2, -0.15) is 0 Å². The Kier molecular flexibility index (Phi) is 28.9. The first kappa shape index (κ1) is 45.1. The number of hydrogen-bond acceptors (Lipinski definition) is 9. The van der Waals surface area contributed by atoms with Crippen molar-refractivity contribution >= 4 is 6.16 Å². The van der Waals surface area contributed by atoms with E-state index >= 15 is 0 Å². The number of aliphatic hydroxyl groups is 4. The van der Waals surface area contributed by atoms with Crippen LogP contribution in [0.3, 0.4) is 0 Å². The van der Waals surface area contributed by atoms with Gasteiger partial charge < -0.3 is 39.4 Å². The molecule has 0 heterocycles. The van der Waals surface area contributed by atoms with Gasteiger partial charge in [-0.3, -0.25) is 0 Å². The Morgan fingerprint density at radius 2 is 0.958 bits per heavy atom. The third-order valence-electron chi connectivity index (χ3n) is 9.77. The number of carbonyl (C=O) groups excluding carboxylic acids is 1. The highest BCUT2D eigenvalue weighted by Crippen LogP contribution is 2.25. The molecule has 0 aromatic carbocycles. The van der Waals surface area contributed by atoms with Gasteiger partial charge in [0, 0.05) is 6.61 Å². The molecule has 0 radical (unpaired) electrons. The predicted octanol–water partition coefficient (Wildman–Crippen LogP) is 8.41. The smallest absolute Gasteiger partial charge is 0.434 e. The van der Waals surface area contributed by atoms with E-state index in [-0.39, 0.29) is 19.8 Å². The number of carbonyl (C=O) groups is 1. The van der Waals surface area contributed by atoms with E-state index in [1.807, 2.05) is 0 Å². The van der Waals surface area contributed by atoms with Crippen LogP contribution in [0.25, 0.3) is 0 Å². The van der Waals surface area contributed by atoms with Gasteiger partial charge in [-0.1, -0.05) is 162 Å². The summed E-state index contributed by atoms with van der Waals surface area (Å²) in [4.78, 5) is 12.4. The van der Waals surface area contributed by atoms with E-state index in [0.29, 0.717) is 6.61 Å². The minimum absolute atomic E-state index is 0.0776. The average molecular weight is 689 g/mol. The first-order valence-electron chi connectivity index (χ1n) is 20.1. The van der Waals surface area contributed by atoms with Gasteiger partial charge in [-0.05, 0) is 18.8 Å². The van der Waals surface area contributed by atoms with Crippen LogP contribution in [0.15, 0.2) is 0 Å². The Morgan fingerprint density at radius 1 is 0.542 bits per heavy atom. The molecule has 1 aliphatic rings. The molecule has 4 N–H and O–H groups in total. The second-order valence-corrected chi connectivity index (χ2v) is 14.4. The van der Waals surface area contributed by atoms with E-state index in [2.05, 4.69) is 20.8 Å². The van der Waals surface area contributed by atoms with Crippen LogP contribution in [0.4, 0.5) is 4.79 Å². The lowest BCUT2D eigenvalue weighted by Gasteiger charge is -2.23. The van der Waals surface area contributed by atoms with Crippen molar-refractivity contribution in [3.05, 3.63) is 0 Å². The van der Waals surface area contributed by atoms with Gasteiger partial charge in [-0.15, -0.1) is 0 Å². The van der Waals surface area contributed by atoms with E-state index in [4.69, 9.17) is 18.9 Å². The van der Waals surface area contributed by atoms with Gasteiger partial charge >= 0.3 is 6.16 Å². The van der Waals surface area contributed by atoms with Crippen LogP contribution in [-0.2, 0) is 18.9 Å². The maximum absolute atomic E-state index is 12.4. The second-order valence-electron chi connectivity index (χ2n) is 14.4. The highest BCUT2D eigenvalue weighted by atomic mass is 16.7. The second kappa shape index (κ2) is 30.8. The fourth-order valence-corrected chi connectivity index (χ4v) is 6.48. The molecule has 6 atom stereocenters. The molecule has 0 aromatic heterocycles. The van der Waals surface area contributed by atoms with Crippen molar-refractivity contribution < 1.29 is 44.2 Å². The minimum Gasteiger partial charge on any atom is -0.434 e. The summed E-state index contributed by atoms with van der Waals surface area (Å²) in [5.74, 6) is 0.847. The number of aliphatic hydroxyl groups excluding tert-OH is 4. The third kappa shape index (κ3) is 22.7. The number of rotatable bonds is 33. The van der Waals surface area contributed by atoms with Crippen molar-refractivity contribution in [1.29, 1.82) is 0 Å². The normalized spacial score (nSPS) is 21.1. The lowest BCUT2D eigenvalue weighted by molar-refractivity contribution is -0.119. The molecule has 0 aromatic rings. The van der Waals surface area contributed by atoms with Crippen molar-refractivity contribution in [3.8, 4) is 0 Å². The Bertz CT molecular complexity index is 710. The molecular formula is C39H76O9. The predicted molar refractivity (Wildman–Crippen MR) is 192 cm³/mol. The van der Waals surface area contributed by atoms with Crippen molar-refractivity contribution in [3.63, 3.8) is 0 Å². The molecule has 0 spiro atoms. The van der Waals surface area contributed by atoms with Crippen LogP contribution in [0, 0.1) is 5.92 Å². The first-order valence-corrected chi connectivity index (χ1v) is 20.1. The third-order valence-corrected chi connectivity index (χ3v) is 9.77. The number of ether oxygens (including phenoxy) is 4. The minimum atomic E-state index is -1.51. The molecule has 0 aliphatic heterocycles. The molecular weight excluding hydrogens is 612 g/mol.